The van der Waals surface area contributed by atoms with Crippen LogP contribution < -0.4 is 0 Å². The van der Waals surface area contributed by atoms with E-state index >= 15 is 0 Å². The molecule has 0 aliphatic heterocycles. The highest BCUT2D eigenvalue weighted by atomic mass is 35.5. The number of aryl methyl sites for hydroxylation is 2. The van der Waals surface area contributed by atoms with E-state index in [-0.39, 0.29) is 17.2 Å². The monoisotopic (exact) mass is 380 g/mol. The first kappa shape index (κ1) is 17.7. The Morgan fingerprint density at radius 2 is 1.80 bits per heavy atom. The number of halogens is 1. The van der Waals surface area contributed by atoms with Crippen LogP contribution in [0.15, 0.2) is 50.2 Å². The fraction of sp³-hybridized carbons (Fsp3) is 0.235. The third-order valence-corrected chi connectivity index (χ3v) is 6.11. The highest BCUT2D eigenvalue weighted by Gasteiger charge is 2.29. The summed E-state index contributed by atoms with van der Waals surface area (Å²) in [5, 5.41) is 4.35. The van der Waals surface area contributed by atoms with E-state index in [1.54, 1.807) is 38.1 Å². The molecule has 0 radical (unpaired) electrons. The molecule has 0 N–H and O–H groups in total. The molecule has 0 bridgehead atoms. The zero-order valence-corrected chi connectivity index (χ0v) is 15.6. The normalized spacial score (nSPS) is 12.0. The zero-order valence-electron chi connectivity index (χ0n) is 14.0. The van der Waals surface area contributed by atoms with Gasteiger partial charge in [0.05, 0.1) is 6.54 Å². The van der Waals surface area contributed by atoms with Gasteiger partial charge >= 0.3 is 0 Å². The van der Waals surface area contributed by atoms with Crippen molar-refractivity contribution in [2.24, 2.45) is 0 Å². The maximum Gasteiger partial charge on any atom is 0.248 e. The van der Waals surface area contributed by atoms with Crippen molar-refractivity contribution >= 4 is 21.6 Å². The maximum absolute atomic E-state index is 12.7. The smallest absolute Gasteiger partial charge is 0.248 e. The molecule has 2 aromatic heterocycles. The molecular formula is C17H17ClN2O4S. The molecular weight excluding hydrogens is 364 g/mol. The number of sulfonamides is 1. The number of benzene rings is 1. The average molecular weight is 381 g/mol. The second-order valence-corrected chi connectivity index (χ2v) is 8.11. The van der Waals surface area contributed by atoms with E-state index in [2.05, 4.69) is 5.16 Å². The van der Waals surface area contributed by atoms with Gasteiger partial charge < -0.3 is 8.94 Å². The maximum atomic E-state index is 12.7. The predicted octanol–water partition coefficient (Wildman–Crippen LogP) is 4.03. The minimum atomic E-state index is -3.72. The van der Waals surface area contributed by atoms with Crippen LogP contribution in [0.1, 0.15) is 17.2 Å². The summed E-state index contributed by atoms with van der Waals surface area (Å²) in [4.78, 5) is 0.0967. The first-order chi connectivity index (χ1) is 11.8. The van der Waals surface area contributed by atoms with Gasteiger partial charge in [0.25, 0.3) is 0 Å². The van der Waals surface area contributed by atoms with Crippen LogP contribution in [-0.2, 0) is 16.6 Å². The Kier molecular flexibility index (Phi) is 4.73. The van der Waals surface area contributed by atoms with Gasteiger partial charge in [-0.15, -0.1) is 0 Å². The van der Waals surface area contributed by atoms with Gasteiger partial charge in [0.15, 0.2) is 5.76 Å². The third kappa shape index (κ3) is 3.49. The van der Waals surface area contributed by atoms with Crippen LogP contribution in [0.3, 0.4) is 0 Å². The van der Waals surface area contributed by atoms with E-state index in [0.717, 1.165) is 5.56 Å². The van der Waals surface area contributed by atoms with Crippen LogP contribution >= 0.6 is 11.6 Å². The molecule has 25 heavy (non-hydrogen) atoms. The summed E-state index contributed by atoms with van der Waals surface area (Å²) in [7, 11) is -2.22. The number of hydrogen-bond acceptors (Lipinski definition) is 5. The van der Waals surface area contributed by atoms with Gasteiger partial charge in [0.1, 0.15) is 22.1 Å². The fourth-order valence-corrected chi connectivity index (χ4v) is 4.08. The first-order valence-electron chi connectivity index (χ1n) is 7.53. The van der Waals surface area contributed by atoms with Crippen LogP contribution in [0.5, 0.6) is 0 Å². The molecule has 0 aliphatic carbocycles. The van der Waals surface area contributed by atoms with Gasteiger partial charge in [-0.25, -0.2) is 8.42 Å². The van der Waals surface area contributed by atoms with E-state index in [1.807, 2.05) is 12.1 Å². The summed E-state index contributed by atoms with van der Waals surface area (Å²) >= 11 is 5.88. The topological polar surface area (TPSA) is 76.6 Å². The molecule has 0 aliphatic rings. The summed E-state index contributed by atoms with van der Waals surface area (Å²) in [5.74, 6) is 1.45. The van der Waals surface area contributed by atoms with Crippen molar-refractivity contribution in [2.75, 3.05) is 7.05 Å². The fourth-order valence-electron chi connectivity index (χ4n) is 2.54. The number of furan rings is 1. The highest BCUT2D eigenvalue weighted by molar-refractivity contribution is 7.89. The molecule has 8 heteroatoms. The molecule has 132 valence electrons. The number of aromatic nitrogens is 1. The molecule has 0 amide bonds. The zero-order chi connectivity index (χ0) is 18.2. The molecule has 0 spiro atoms. The van der Waals surface area contributed by atoms with Crippen LogP contribution in [-0.4, -0.2) is 24.9 Å². The molecule has 0 saturated carbocycles. The molecule has 0 unspecified atom stereocenters. The lowest BCUT2D eigenvalue weighted by Crippen LogP contribution is -2.27. The van der Waals surface area contributed by atoms with Gasteiger partial charge in [-0.1, -0.05) is 16.8 Å². The van der Waals surface area contributed by atoms with E-state index < -0.39 is 10.0 Å². The summed E-state index contributed by atoms with van der Waals surface area (Å²) in [6, 6.07) is 10.8. The van der Waals surface area contributed by atoms with E-state index in [9.17, 15) is 8.42 Å². The number of nitrogens with zero attached hydrogens (tertiary/aromatic N) is 2. The van der Waals surface area contributed by atoms with Crippen LogP contribution in [0.25, 0.3) is 11.3 Å². The molecule has 3 aromatic rings. The van der Waals surface area contributed by atoms with Gasteiger partial charge in [-0.2, -0.15) is 4.31 Å². The molecule has 2 heterocycles. The second-order valence-electron chi connectivity index (χ2n) is 5.69. The van der Waals surface area contributed by atoms with Gasteiger partial charge in [-0.3, -0.25) is 0 Å². The van der Waals surface area contributed by atoms with Crippen molar-refractivity contribution in [1.82, 2.24) is 9.46 Å². The lowest BCUT2D eigenvalue weighted by atomic mass is 10.2. The standard InChI is InChI=1S/C17H17ClN2O4S/c1-11-17(12(2)24-19-11)25(21,22)20(3)10-15-8-9-16(23-15)13-4-6-14(18)7-5-13/h4-9H,10H2,1-3H3. The van der Waals surface area contributed by atoms with Crippen molar-refractivity contribution in [3.05, 3.63) is 58.6 Å². The Balaban J connectivity index is 1.82. The van der Waals surface area contributed by atoms with Gasteiger partial charge in [-0.05, 0) is 50.2 Å². The second kappa shape index (κ2) is 6.67. The predicted molar refractivity (Wildman–Crippen MR) is 93.8 cm³/mol. The molecule has 0 atom stereocenters. The SMILES string of the molecule is Cc1noc(C)c1S(=O)(=O)N(C)Cc1ccc(-c2ccc(Cl)cc2)o1. The summed E-state index contributed by atoms with van der Waals surface area (Å²) in [6.07, 6.45) is 0. The lowest BCUT2D eigenvalue weighted by Gasteiger charge is -2.15. The van der Waals surface area contributed by atoms with E-state index in [1.165, 1.54) is 11.4 Å². The molecule has 3 rings (SSSR count). The Morgan fingerprint density at radius 3 is 2.40 bits per heavy atom. The van der Waals surface area contributed by atoms with E-state index in [4.69, 9.17) is 20.5 Å². The quantitative estimate of drug-likeness (QED) is 0.668. The third-order valence-electron chi connectivity index (χ3n) is 3.81. The first-order valence-corrected chi connectivity index (χ1v) is 9.34. The largest absolute Gasteiger partial charge is 0.460 e. The van der Waals surface area contributed by atoms with Crippen LogP contribution in [0.4, 0.5) is 0 Å². The molecule has 0 saturated heterocycles. The van der Waals surface area contributed by atoms with Crippen molar-refractivity contribution in [3.63, 3.8) is 0 Å². The average Bonchev–Trinajstić information content (AvgIpc) is 3.15. The van der Waals surface area contributed by atoms with Crippen molar-refractivity contribution in [2.45, 2.75) is 25.3 Å². The Hall–Kier alpha value is -2.09. The Labute approximate surface area is 151 Å². The summed E-state index contributed by atoms with van der Waals surface area (Å²) < 4.78 is 37.4. The van der Waals surface area contributed by atoms with Crippen molar-refractivity contribution in [3.8, 4) is 11.3 Å². The van der Waals surface area contributed by atoms with Gasteiger partial charge in [0.2, 0.25) is 10.0 Å². The minimum Gasteiger partial charge on any atom is -0.460 e. The number of rotatable bonds is 5. The Morgan fingerprint density at radius 1 is 1.12 bits per heavy atom. The number of hydrogen-bond donors (Lipinski definition) is 0. The van der Waals surface area contributed by atoms with E-state index in [0.29, 0.717) is 22.2 Å². The minimum absolute atomic E-state index is 0.0967. The van der Waals surface area contributed by atoms with Crippen LogP contribution in [0.2, 0.25) is 5.02 Å². The molecule has 1 aromatic carbocycles. The molecule has 0 fully saturated rings. The highest BCUT2D eigenvalue weighted by Crippen LogP contribution is 2.27. The van der Waals surface area contributed by atoms with Crippen molar-refractivity contribution < 1.29 is 17.4 Å². The van der Waals surface area contributed by atoms with Crippen molar-refractivity contribution in [1.29, 1.82) is 0 Å². The van der Waals surface area contributed by atoms with Gasteiger partial charge in [0, 0.05) is 17.6 Å². The lowest BCUT2D eigenvalue weighted by molar-refractivity contribution is 0.388. The Bertz CT molecular complexity index is 971. The molecule has 6 nitrogen and oxygen atoms in total. The summed E-state index contributed by atoms with van der Waals surface area (Å²) in [5.41, 5.74) is 1.21. The van der Waals surface area contributed by atoms with Crippen LogP contribution in [0, 0.1) is 13.8 Å². The summed E-state index contributed by atoms with van der Waals surface area (Å²) in [6.45, 7) is 3.27.